The molecule has 0 aromatic heterocycles. The zero-order chi connectivity index (χ0) is 15.8. The lowest BCUT2D eigenvalue weighted by atomic mass is 10.2. The average Bonchev–Trinajstić information content (AvgIpc) is 2.55. The monoisotopic (exact) mass is 293 g/mol. The average molecular weight is 293 g/mol. The summed E-state index contributed by atoms with van der Waals surface area (Å²) in [5, 5.41) is 6.29. The molecule has 0 saturated carbocycles. The molecule has 0 saturated heterocycles. The Morgan fingerprint density at radius 2 is 1.55 bits per heavy atom. The van der Waals surface area contributed by atoms with Crippen molar-refractivity contribution >= 4 is 23.7 Å². The molecule has 0 aliphatic heterocycles. The zero-order valence-corrected chi connectivity index (χ0v) is 13.5. The van der Waals surface area contributed by atoms with Gasteiger partial charge < -0.3 is 4.90 Å². The van der Waals surface area contributed by atoms with Crippen LogP contribution in [0.25, 0.3) is 6.08 Å². The standard InChI is InChI=1S/C19H23N3/c1-21(2)18-14-12-17(13-15-18)9-7-8-16-20-22(3)19-10-5-4-6-11-19/h4-7,9-16H,8H2,1-3H3/b9-7+,20-16+. The molecule has 0 heterocycles. The van der Waals surface area contributed by atoms with Crippen molar-refractivity contribution in [3.05, 3.63) is 66.2 Å². The predicted molar refractivity (Wildman–Crippen MR) is 97.8 cm³/mol. The van der Waals surface area contributed by atoms with Crippen LogP contribution in [0.3, 0.4) is 0 Å². The molecule has 0 bridgehead atoms. The van der Waals surface area contributed by atoms with E-state index < -0.39 is 0 Å². The van der Waals surface area contributed by atoms with E-state index in [9.17, 15) is 0 Å². The molecule has 2 aromatic rings. The van der Waals surface area contributed by atoms with Gasteiger partial charge in [-0.3, -0.25) is 5.01 Å². The molecule has 0 aliphatic carbocycles. The second kappa shape index (κ2) is 8.03. The fourth-order valence-electron chi connectivity index (χ4n) is 2.03. The largest absolute Gasteiger partial charge is 0.378 e. The first kappa shape index (κ1) is 15.8. The Balaban J connectivity index is 1.84. The third kappa shape index (κ3) is 4.77. The maximum atomic E-state index is 4.41. The van der Waals surface area contributed by atoms with Crippen LogP contribution in [-0.2, 0) is 0 Å². The lowest BCUT2D eigenvalue weighted by Gasteiger charge is -2.12. The Labute approximate surface area is 133 Å². The van der Waals surface area contributed by atoms with Gasteiger partial charge in [0.25, 0.3) is 0 Å². The van der Waals surface area contributed by atoms with Gasteiger partial charge in [0.2, 0.25) is 0 Å². The molecule has 0 fully saturated rings. The summed E-state index contributed by atoms with van der Waals surface area (Å²) in [7, 11) is 6.05. The quantitative estimate of drug-likeness (QED) is 0.585. The zero-order valence-electron chi connectivity index (χ0n) is 13.5. The van der Waals surface area contributed by atoms with Gasteiger partial charge in [-0.15, -0.1) is 0 Å². The van der Waals surface area contributed by atoms with E-state index in [2.05, 4.69) is 46.4 Å². The summed E-state index contributed by atoms with van der Waals surface area (Å²) in [4.78, 5) is 2.10. The first-order valence-corrected chi connectivity index (χ1v) is 7.42. The highest BCUT2D eigenvalue weighted by Crippen LogP contribution is 2.13. The maximum Gasteiger partial charge on any atom is 0.0590 e. The number of hydrogen-bond donors (Lipinski definition) is 0. The van der Waals surface area contributed by atoms with Gasteiger partial charge in [-0.2, -0.15) is 5.10 Å². The van der Waals surface area contributed by atoms with Crippen LogP contribution in [0.5, 0.6) is 0 Å². The normalized spacial score (nSPS) is 11.2. The van der Waals surface area contributed by atoms with Crippen molar-refractivity contribution in [1.29, 1.82) is 0 Å². The molecule has 114 valence electrons. The van der Waals surface area contributed by atoms with E-state index >= 15 is 0 Å². The van der Waals surface area contributed by atoms with E-state index in [0.29, 0.717) is 0 Å². The van der Waals surface area contributed by atoms with Crippen LogP contribution >= 0.6 is 0 Å². The molecule has 0 atom stereocenters. The summed E-state index contributed by atoms with van der Waals surface area (Å²) in [5.74, 6) is 0. The number of nitrogens with zero attached hydrogens (tertiary/aromatic N) is 3. The molecule has 0 N–H and O–H groups in total. The van der Waals surface area contributed by atoms with Gasteiger partial charge in [0.15, 0.2) is 0 Å². The van der Waals surface area contributed by atoms with Crippen molar-refractivity contribution in [2.45, 2.75) is 6.42 Å². The van der Waals surface area contributed by atoms with Crippen LogP contribution in [-0.4, -0.2) is 27.4 Å². The summed E-state index contributed by atoms with van der Waals surface area (Å²) in [6.07, 6.45) is 6.96. The molecule has 0 amide bonds. The van der Waals surface area contributed by atoms with Gasteiger partial charge in [0.1, 0.15) is 0 Å². The molecule has 0 radical (unpaired) electrons. The second-order valence-electron chi connectivity index (χ2n) is 5.28. The molecule has 3 heteroatoms. The summed E-state index contributed by atoms with van der Waals surface area (Å²) in [5.41, 5.74) is 3.50. The second-order valence-corrected chi connectivity index (χ2v) is 5.28. The van der Waals surface area contributed by atoms with Crippen molar-refractivity contribution < 1.29 is 0 Å². The molecular weight excluding hydrogens is 270 g/mol. The highest BCUT2D eigenvalue weighted by Gasteiger charge is 1.94. The van der Waals surface area contributed by atoms with Gasteiger partial charge in [-0.1, -0.05) is 42.5 Å². The van der Waals surface area contributed by atoms with Crippen LogP contribution < -0.4 is 9.91 Å². The molecular formula is C19H23N3. The van der Waals surface area contributed by atoms with E-state index in [0.717, 1.165) is 12.1 Å². The summed E-state index contributed by atoms with van der Waals surface area (Å²) in [6.45, 7) is 0. The minimum Gasteiger partial charge on any atom is -0.378 e. The first-order valence-electron chi connectivity index (χ1n) is 7.42. The van der Waals surface area contributed by atoms with Crippen LogP contribution in [0.2, 0.25) is 0 Å². The Morgan fingerprint density at radius 1 is 0.864 bits per heavy atom. The third-order valence-electron chi connectivity index (χ3n) is 3.35. The van der Waals surface area contributed by atoms with E-state index in [-0.39, 0.29) is 0 Å². The predicted octanol–water partition coefficient (Wildman–Crippen LogP) is 4.28. The number of rotatable bonds is 6. The van der Waals surface area contributed by atoms with Gasteiger partial charge in [0.05, 0.1) is 5.69 Å². The molecule has 2 rings (SSSR count). The van der Waals surface area contributed by atoms with E-state index in [1.54, 1.807) is 0 Å². The molecule has 3 nitrogen and oxygen atoms in total. The highest BCUT2D eigenvalue weighted by atomic mass is 15.4. The fraction of sp³-hybridized carbons (Fsp3) is 0.211. The third-order valence-corrected chi connectivity index (χ3v) is 3.35. The number of hydrazone groups is 1. The lowest BCUT2D eigenvalue weighted by Crippen LogP contribution is -2.08. The Kier molecular flexibility index (Phi) is 5.78. The summed E-state index contributed by atoms with van der Waals surface area (Å²) < 4.78 is 0. The molecule has 0 aliphatic rings. The van der Waals surface area contributed by atoms with Crippen molar-refractivity contribution in [1.82, 2.24) is 0 Å². The Hall–Kier alpha value is -2.55. The van der Waals surface area contributed by atoms with Gasteiger partial charge >= 0.3 is 0 Å². The van der Waals surface area contributed by atoms with E-state index in [1.807, 2.05) is 62.7 Å². The van der Waals surface area contributed by atoms with Crippen LogP contribution in [0.4, 0.5) is 11.4 Å². The van der Waals surface area contributed by atoms with E-state index in [4.69, 9.17) is 0 Å². The minimum atomic E-state index is 0.812. The number of hydrogen-bond acceptors (Lipinski definition) is 3. The summed E-state index contributed by atoms with van der Waals surface area (Å²) >= 11 is 0. The molecule has 2 aromatic carbocycles. The minimum absolute atomic E-state index is 0.812. The SMILES string of the molecule is CN(C)c1ccc(/C=C/C/C=N/N(C)c2ccccc2)cc1. The smallest absolute Gasteiger partial charge is 0.0590 e. The van der Waals surface area contributed by atoms with Gasteiger partial charge in [-0.05, 0) is 29.8 Å². The van der Waals surface area contributed by atoms with Crippen LogP contribution in [0.15, 0.2) is 65.8 Å². The molecule has 22 heavy (non-hydrogen) atoms. The lowest BCUT2D eigenvalue weighted by molar-refractivity contribution is 1.02. The number of allylic oxidation sites excluding steroid dienone is 1. The summed E-state index contributed by atoms with van der Waals surface area (Å²) in [6, 6.07) is 18.6. The van der Waals surface area contributed by atoms with Crippen molar-refractivity contribution in [2.24, 2.45) is 5.10 Å². The maximum absolute atomic E-state index is 4.41. The van der Waals surface area contributed by atoms with Crippen LogP contribution in [0, 0.1) is 0 Å². The number of para-hydroxylation sites is 1. The highest BCUT2D eigenvalue weighted by molar-refractivity contribution is 5.65. The topological polar surface area (TPSA) is 18.8 Å². The van der Waals surface area contributed by atoms with E-state index in [1.165, 1.54) is 11.3 Å². The number of benzene rings is 2. The van der Waals surface area contributed by atoms with Crippen molar-refractivity contribution in [3.8, 4) is 0 Å². The van der Waals surface area contributed by atoms with Gasteiger partial charge in [-0.25, -0.2) is 0 Å². The van der Waals surface area contributed by atoms with Crippen LogP contribution in [0.1, 0.15) is 12.0 Å². The fourth-order valence-corrected chi connectivity index (χ4v) is 2.03. The Bertz CT molecular complexity index is 613. The molecule has 0 unspecified atom stereocenters. The first-order chi connectivity index (χ1) is 10.7. The Morgan fingerprint density at radius 3 is 2.18 bits per heavy atom. The van der Waals surface area contributed by atoms with Crippen molar-refractivity contribution in [3.63, 3.8) is 0 Å². The van der Waals surface area contributed by atoms with Crippen molar-refractivity contribution in [2.75, 3.05) is 31.1 Å². The number of anilines is 2. The molecule has 0 spiro atoms. The van der Waals surface area contributed by atoms with Gasteiger partial charge in [0, 0.05) is 39.5 Å².